The number of aromatic nitrogens is 2. The normalized spacial score (nSPS) is 19.3. The fourth-order valence-electron chi connectivity index (χ4n) is 2.42. The van der Waals surface area contributed by atoms with Crippen LogP contribution < -0.4 is 5.32 Å². The lowest BCUT2D eigenvalue weighted by Crippen LogP contribution is -2.28. The summed E-state index contributed by atoms with van der Waals surface area (Å²) in [5.41, 5.74) is 1.27. The van der Waals surface area contributed by atoms with Crippen LogP contribution >= 0.6 is 0 Å². The van der Waals surface area contributed by atoms with Crippen LogP contribution in [0.1, 0.15) is 31.1 Å². The van der Waals surface area contributed by atoms with Gasteiger partial charge in [-0.25, -0.2) is 14.4 Å². The second-order valence-electron chi connectivity index (χ2n) is 4.81. The molecule has 1 aliphatic heterocycles. The third-order valence-electron chi connectivity index (χ3n) is 3.48. The van der Waals surface area contributed by atoms with E-state index in [4.69, 9.17) is 0 Å². The Bertz CT molecular complexity index is 548. The SMILES string of the molecule is Fc1ccccc1-c1cnc(C2CCCCN2)nc1. The van der Waals surface area contributed by atoms with E-state index in [9.17, 15) is 4.39 Å². The smallest absolute Gasteiger partial charge is 0.145 e. The number of halogens is 1. The van der Waals surface area contributed by atoms with Crippen molar-refractivity contribution >= 4 is 0 Å². The van der Waals surface area contributed by atoms with Gasteiger partial charge in [-0.3, -0.25) is 0 Å². The molecule has 1 fully saturated rings. The maximum Gasteiger partial charge on any atom is 0.145 e. The summed E-state index contributed by atoms with van der Waals surface area (Å²) >= 11 is 0. The molecule has 1 unspecified atom stereocenters. The number of nitrogens with zero attached hydrogens (tertiary/aromatic N) is 2. The Labute approximate surface area is 111 Å². The maximum atomic E-state index is 13.7. The van der Waals surface area contributed by atoms with Crippen molar-refractivity contribution in [3.05, 3.63) is 48.3 Å². The van der Waals surface area contributed by atoms with Crippen LogP contribution in [0.3, 0.4) is 0 Å². The van der Waals surface area contributed by atoms with E-state index in [2.05, 4.69) is 15.3 Å². The molecule has 1 aliphatic rings. The number of hydrogen-bond acceptors (Lipinski definition) is 3. The molecule has 1 atom stereocenters. The van der Waals surface area contributed by atoms with Crippen molar-refractivity contribution in [3.63, 3.8) is 0 Å². The van der Waals surface area contributed by atoms with Crippen molar-refractivity contribution < 1.29 is 4.39 Å². The van der Waals surface area contributed by atoms with Gasteiger partial charge < -0.3 is 5.32 Å². The summed E-state index contributed by atoms with van der Waals surface area (Å²) in [6.45, 7) is 1.02. The highest BCUT2D eigenvalue weighted by Crippen LogP contribution is 2.23. The van der Waals surface area contributed by atoms with E-state index in [1.165, 1.54) is 18.9 Å². The van der Waals surface area contributed by atoms with Crippen LogP contribution in [0.5, 0.6) is 0 Å². The zero-order valence-electron chi connectivity index (χ0n) is 10.6. The van der Waals surface area contributed by atoms with Crippen molar-refractivity contribution in [1.29, 1.82) is 0 Å². The van der Waals surface area contributed by atoms with E-state index in [0.717, 1.165) is 24.4 Å². The monoisotopic (exact) mass is 257 g/mol. The summed E-state index contributed by atoms with van der Waals surface area (Å²) in [5.74, 6) is 0.564. The number of rotatable bonds is 2. The molecule has 4 heteroatoms. The third-order valence-corrected chi connectivity index (χ3v) is 3.48. The zero-order chi connectivity index (χ0) is 13.1. The largest absolute Gasteiger partial charge is 0.307 e. The van der Waals surface area contributed by atoms with E-state index in [0.29, 0.717) is 5.56 Å². The van der Waals surface area contributed by atoms with Crippen molar-refractivity contribution in [2.45, 2.75) is 25.3 Å². The van der Waals surface area contributed by atoms with Crippen LogP contribution in [0.25, 0.3) is 11.1 Å². The molecule has 1 saturated heterocycles. The van der Waals surface area contributed by atoms with Crippen molar-refractivity contribution in [3.8, 4) is 11.1 Å². The highest BCUT2D eigenvalue weighted by Gasteiger charge is 2.17. The molecule has 2 aromatic rings. The van der Waals surface area contributed by atoms with Gasteiger partial charge in [-0.05, 0) is 25.5 Å². The Morgan fingerprint density at radius 3 is 2.58 bits per heavy atom. The molecule has 0 saturated carbocycles. The molecule has 1 N–H and O–H groups in total. The average Bonchev–Trinajstić information content (AvgIpc) is 2.49. The molecule has 98 valence electrons. The molecule has 0 amide bonds. The van der Waals surface area contributed by atoms with Crippen molar-refractivity contribution in [2.75, 3.05) is 6.54 Å². The topological polar surface area (TPSA) is 37.8 Å². The highest BCUT2D eigenvalue weighted by molar-refractivity contribution is 5.61. The minimum Gasteiger partial charge on any atom is -0.307 e. The van der Waals surface area contributed by atoms with Gasteiger partial charge in [-0.2, -0.15) is 0 Å². The Hall–Kier alpha value is -1.81. The van der Waals surface area contributed by atoms with Crippen LogP contribution in [-0.2, 0) is 0 Å². The number of piperidine rings is 1. The third kappa shape index (κ3) is 2.63. The lowest BCUT2D eigenvalue weighted by Gasteiger charge is -2.21. The second-order valence-corrected chi connectivity index (χ2v) is 4.81. The summed E-state index contributed by atoms with van der Waals surface area (Å²) in [6.07, 6.45) is 6.90. The lowest BCUT2D eigenvalue weighted by molar-refractivity contribution is 0.397. The van der Waals surface area contributed by atoms with Crippen LogP contribution in [0.2, 0.25) is 0 Å². The predicted octanol–water partition coefficient (Wildman–Crippen LogP) is 3.10. The lowest BCUT2D eigenvalue weighted by atomic mass is 10.0. The van der Waals surface area contributed by atoms with Gasteiger partial charge in [0.25, 0.3) is 0 Å². The standard InChI is InChI=1S/C15H16FN3/c16-13-6-2-1-5-12(13)11-9-18-15(19-10-11)14-7-3-4-8-17-14/h1-2,5-6,9-10,14,17H,3-4,7-8H2. The Kier molecular flexibility index (Phi) is 3.51. The maximum absolute atomic E-state index is 13.7. The molecule has 3 rings (SSSR count). The first kappa shape index (κ1) is 12.2. The first-order valence-corrected chi connectivity index (χ1v) is 6.65. The number of benzene rings is 1. The van der Waals surface area contributed by atoms with Crippen LogP contribution in [0.4, 0.5) is 4.39 Å². The first-order chi connectivity index (χ1) is 9.34. The molecule has 1 aromatic carbocycles. The number of nitrogens with one attached hydrogen (secondary N) is 1. The molecular weight excluding hydrogens is 241 g/mol. The molecule has 3 nitrogen and oxygen atoms in total. The van der Waals surface area contributed by atoms with E-state index in [-0.39, 0.29) is 11.9 Å². The van der Waals surface area contributed by atoms with Crippen LogP contribution in [0.15, 0.2) is 36.7 Å². The molecule has 1 aromatic heterocycles. The summed E-state index contributed by atoms with van der Waals surface area (Å²) in [7, 11) is 0. The highest BCUT2D eigenvalue weighted by atomic mass is 19.1. The molecule has 0 radical (unpaired) electrons. The quantitative estimate of drug-likeness (QED) is 0.898. The fourth-order valence-corrected chi connectivity index (χ4v) is 2.42. The van der Waals surface area contributed by atoms with Gasteiger partial charge in [-0.15, -0.1) is 0 Å². The minimum atomic E-state index is -0.241. The summed E-state index contributed by atoms with van der Waals surface area (Å²) in [5, 5.41) is 3.41. The van der Waals surface area contributed by atoms with Crippen molar-refractivity contribution in [2.24, 2.45) is 0 Å². The van der Waals surface area contributed by atoms with E-state index in [1.807, 2.05) is 6.07 Å². The van der Waals surface area contributed by atoms with Crippen LogP contribution in [0, 0.1) is 5.82 Å². The Balaban J connectivity index is 1.84. The minimum absolute atomic E-state index is 0.239. The molecule has 19 heavy (non-hydrogen) atoms. The van der Waals surface area contributed by atoms with Gasteiger partial charge in [0.15, 0.2) is 0 Å². The molecular formula is C15H16FN3. The Morgan fingerprint density at radius 2 is 1.89 bits per heavy atom. The number of hydrogen-bond donors (Lipinski definition) is 1. The molecule has 2 heterocycles. The molecule has 0 aliphatic carbocycles. The molecule has 0 spiro atoms. The van der Waals surface area contributed by atoms with Gasteiger partial charge in [-0.1, -0.05) is 24.6 Å². The van der Waals surface area contributed by atoms with Gasteiger partial charge in [0.2, 0.25) is 0 Å². The average molecular weight is 257 g/mol. The summed E-state index contributed by atoms with van der Waals surface area (Å²) in [6, 6.07) is 6.93. The van der Waals surface area contributed by atoms with Crippen LogP contribution in [-0.4, -0.2) is 16.5 Å². The molecule has 0 bridgehead atoms. The van der Waals surface area contributed by atoms with E-state index in [1.54, 1.807) is 24.5 Å². The second kappa shape index (κ2) is 5.45. The van der Waals surface area contributed by atoms with Gasteiger partial charge in [0.05, 0.1) is 6.04 Å². The van der Waals surface area contributed by atoms with E-state index < -0.39 is 0 Å². The predicted molar refractivity (Wildman–Crippen MR) is 72.0 cm³/mol. The zero-order valence-corrected chi connectivity index (χ0v) is 10.6. The van der Waals surface area contributed by atoms with Gasteiger partial charge in [0.1, 0.15) is 11.6 Å². The van der Waals surface area contributed by atoms with E-state index >= 15 is 0 Å². The fraction of sp³-hybridized carbons (Fsp3) is 0.333. The summed E-state index contributed by atoms with van der Waals surface area (Å²) < 4.78 is 13.7. The first-order valence-electron chi connectivity index (χ1n) is 6.65. The summed E-state index contributed by atoms with van der Waals surface area (Å²) in [4.78, 5) is 8.76. The Morgan fingerprint density at radius 1 is 1.11 bits per heavy atom. The van der Waals surface area contributed by atoms with Gasteiger partial charge >= 0.3 is 0 Å². The van der Waals surface area contributed by atoms with Crippen molar-refractivity contribution in [1.82, 2.24) is 15.3 Å². The van der Waals surface area contributed by atoms with Gasteiger partial charge in [0, 0.05) is 23.5 Å².